The Bertz CT molecular complexity index is 815. The number of H-pyrrole nitrogens is 1. The van der Waals surface area contributed by atoms with E-state index in [9.17, 15) is 0 Å². The zero-order chi connectivity index (χ0) is 14.4. The van der Waals surface area contributed by atoms with E-state index < -0.39 is 0 Å². The predicted molar refractivity (Wildman–Crippen MR) is 85.1 cm³/mol. The first-order valence-corrected chi connectivity index (χ1v) is 7.46. The van der Waals surface area contributed by atoms with Crippen LogP contribution in [0.3, 0.4) is 0 Å². The first-order chi connectivity index (χ1) is 10.2. The molecule has 1 aliphatic carbocycles. The van der Waals surface area contributed by atoms with Gasteiger partial charge in [0.15, 0.2) is 5.65 Å². The van der Waals surface area contributed by atoms with Gasteiger partial charge < -0.3 is 5.73 Å². The van der Waals surface area contributed by atoms with E-state index in [1.807, 2.05) is 0 Å². The molecular weight excluding hydrogens is 260 g/mol. The molecule has 0 bridgehead atoms. The number of pyridine rings is 1. The number of hydrogen-bond donors (Lipinski definition) is 2. The third kappa shape index (κ3) is 1.90. The van der Waals surface area contributed by atoms with Gasteiger partial charge in [-0.3, -0.25) is 5.10 Å². The quantitative estimate of drug-likeness (QED) is 0.717. The van der Waals surface area contributed by atoms with Crippen LogP contribution in [0.15, 0.2) is 24.3 Å². The van der Waals surface area contributed by atoms with Crippen LogP contribution in [0.4, 0.5) is 5.82 Å². The lowest BCUT2D eigenvalue weighted by Gasteiger charge is -2.20. The number of aryl methyl sites for hydroxylation is 2. The van der Waals surface area contributed by atoms with E-state index in [1.54, 1.807) is 0 Å². The van der Waals surface area contributed by atoms with E-state index in [1.165, 1.54) is 35.1 Å². The van der Waals surface area contributed by atoms with Crippen LogP contribution in [0, 0.1) is 6.92 Å². The Labute approximate surface area is 123 Å². The van der Waals surface area contributed by atoms with E-state index in [2.05, 4.69) is 41.4 Å². The summed E-state index contributed by atoms with van der Waals surface area (Å²) in [6, 6.07) is 8.56. The Morgan fingerprint density at radius 2 is 1.76 bits per heavy atom. The molecule has 3 aromatic rings. The topological polar surface area (TPSA) is 67.6 Å². The van der Waals surface area contributed by atoms with Crippen molar-refractivity contribution >= 4 is 16.9 Å². The van der Waals surface area contributed by atoms with Gasteiger partial charge in [0.2, 0.25) is 0 Å². The van der Waals surface area contributed by atoms with Crippen LogP contribution in [0.25, 0.3) is 22.3 Å². The number of fused-ring (bicyclic) bond motifs is 3. The SMILES string of the molecule is Cc1ccc(-c2nc3n[nH]c(N)c3c3c2CCCC3)cc1. The average molecular weight is 278 g/mol. The van der Waals surface area contributed by atoms with E-state index in [-0.39, 0.29) is 0 Å². The largest absolute Gasteiger partial charge is 0.384 e. The molecule has 0 radical (unpaired) electrons. The Balaban J connectivity index is 2.02. The maximum atomic E-state index is 6.05. The minimum atomic E-state index is 0.645. The highest BCUT2D eigenvalue weighted by atomic mass is 15.2. The number of hydrogen-bond acceptors (Lipinski definition) is 3. The van der Waals surface area contributed by atoms with E-state index >= 15 is 0 Å². The lowest BCUT2D eigenvalue weighted by molar-refractivity contribution is 0.689. The van der Waals surface area contributed by atoms with Gasteiger partial charge in [-0.15, -0.1) is 0 Å². The second-order valence-electron chi connectivity index (χ2n) is 5.83. The van der Waals surface area contributed by atoms with Crippen LogP contribution in [-0.4, -0.2) is 15.2 Å². The molecule has 106 valence electrons. The summed E-state index contributed by atoms with van der Waals surface area (Å²) in [6.07, 6.45) is 4.57. The highest BCUT2D eigenvalue weighted by Crippen LogP contribution is 2.36. The Kier molecular flexibility index (Phi) is 2.70. The molecule has 4 heteroatoms. The summed E-state index contributed by atoms with van der Waals surface area (Å²) in [6.45, 7) is 2.10. The van der Waals surface area contributed by atoms with Crippen LogP contribution in [0.1, 0.15) is 29.5 Å². The average Bonchev–Trinajstić information content (AvgIpc) is 2.89. The molecule has 0 unspecified atom stereocenters. The number of aromatic nitrogens is 3. The van der Waals surface area contributed by atoms with Crippen molar-refractivity contribution < 1.29 is 0 Å². The van der Waals surface area contributed by atoms with Crippen molar-refractivity contribution in [1.29, 1.82) is 0 Å². The number of benzene rings is 1. The number of rotatable bonds is 1. The summed E-state index contributed by atoms with van der Waals surface area (Å²) < 4.78 is 0. The maximum Gasteiger partial charge on any atom is 0.183 e. The number of nitrogens with zero attached hydrogens (tertiary/aromatic N) is 2. The fraction of sp³-hybridized carbons (Fsp3) is 0.294. The van der Waals surface area contributed by atoms with Gasteiger partial charge in [-0.2, -0.15) is 5.10 Å². The van der Waals surface area contributed by atoms with Gasteiger partial charge in [-0.25, -0.2) is 4.98 Å². The fourth-order valence-electron chi connectivity index (χ4n) is 3.29. The van der Waals surface area contributed by atoms with Crippen molar-refractivity contribution in [3.8, 4) is 11.3 Å². The Morgan fingerprint density at radius 3 is 2.52 bits per heavy atom. The van der Waals surface area contributed by atoms with E-state index in [4.69, 9.17) is 10.7 Å². The lowest BCUT2D eigenvalue weighted by atomic mass is 9.87. The van der Waals surface area contributed by atoms with Gasteiger partial charge in [-0.05, 0) is 43.7 Å². The molecule has 2 aromatic heterocycles. The number of nitrogens with one attached hydrogen (secondary N) is 1. The third-order valence-corrected chi connectivity index (χ3v) is 4.37. The molecule has 4 rings (SSSR count). The normalized spacial score (nSPS) is 14.3. The molecule has 21 heavy (non-hydrogen) atoms. The van der Waals surface area contributed by atoms with E-state index in [0.717, 1.165) is 29.6 Å². The summed E-state index contributed by atoms with van der Waals surface area (Å²) in [4.78, 5) is 4.79. The van der Waals surface area contributed by atoms with Crippen LogP contribution in [0.5, 0.6) is 0 Å². The van der Waals surface area contributed by atoms with Gasteiger partial charge in [0, 0.05) is 5.56 Å². The number of anilines is 1. The van der Waals surface area contributed by atoms with Gasteiger partial charge in [0.25, 0.3) is 0 Å². The lowest BCUT2D eigenvalue weighted by Crippen LogP contribution is -2.07. The highest BCUT2D eigenvalue weighted by molar-refractivity contribution is 5.93. The third-order valence-electron chi connectivity index (χ3n) is 4.37. The number of aromatic amines is 1. The molecule has 3 N–H and O–H groups in total. The standard InChI is InChI=1S/C17H18N4/c1-10-6-8-11(9-7-10)15-13-5-3-2-4-12(13)14-16(18)20-21-17(14)19-15/h6-9H,2-5H2,1H3,(H3,18,19,20,21). The second-order valence-corrected chi connectivity index (χ2v) is 5.83. The molecule has 0 aliphatic heterocycles. The first-order valence-electron chi connectivity index (χ1n) is 7.46. The van der Waals surface area contributed by atoms with Crippen LogP contribution >= 0.6 is 0 Å². The van der Waals surface area contributed by atoms with E-state index in [0.29, 0.717) is 5.82 Å². The molecule has 4 nitrogen and oxygen atoms in total. The zero-order valence-corrected chi connectivity index (χ0v) is 12.1. The predicted octanol–water partition coefficient (Wildman–Crippen LogP) is 3.39. The monoisotopic (exact) mass is 278 g/mol. The smallest absolute Gasteiger partial charge is 0.183 e. The number of nitrogen functional groups attached to an aromatic ring is 1. The molecule has 0 atom stereocenters. The molecule has 1 aliphatic rings. The van der Waals surface area contributed by atoms with Crippen molar-refractivity contribution in [3.63, 3.8) is 0 Å². The molecule has 0 fully saturated rings. The summed E-state index contributed by atoms with van der Waals surface area (Å²) in [7, 11) is 0. The maximum absolute atomic E-state index is 6.05. The van der Waals surface area contributed by atoms with Crippen molar-refractivity contribution in [2.45, 2.75) is 32.6 Å². The van der Waals surface area contributed by atoms with Crippen LogP contribution in [-0.2, 0) is 12.8 Å². The number of nitrogens with two attached hydrogens (primary N) is 1. The molecule has 0 spiro atoms. The van der Waals surface area contributed by atoms with Gasteiger partial charge in [0.05, 0.1) is 11.1 Å². The molecule has 0 saturated heterocycles. The molecular formula is C17H18N4. The van der Waals surface area contributed by atoms with Gasteiger partial charge >= 0.3 is 0 Å². The highest BCUT2D eigenvalue weighted by Gasteiger charge is 2.21. The van der Waals surface area contributed by atoms with Crippen molar-refractivity contribution in [1.82, 2.24) is 15.2 Å². The molecule has 0 saturated carbocycles. The van der Waals surface area contributed by atoms with Crippen molar-refractivity contribution in [2.24, 2.45) is 0 Å². The summed E-state index contributed by atoms with van der Waals surface area (Å²) in [5.41, 5.74) is 13.0. The molecule has 2 heterocycles. The molecule has 0 amide bonds. The minimum Gasteiger partial charge on any atom is -0.384 e. The van der Waals surface area contributed by atoms with Crippen molar-refractivity contribution in [2.75, 3.05) is 5.73 Å². The first kappa shape index (κ1) is 12.4. The Morgan fingerprint density at radius 1 is 1.05 bits per heavy atom. The van der Waals surface area contributed by atoms with Crippen LogP contribution < -0.4 is 5.73 Å². The van der Waals surface area contributed by atoms with Gasteiger partial charge in [0.1, 0.15) is 5.82 Å². The summed E-state index contributed by atoms with van der Waals surface area (Å²) in [5, 5.41) is 8.18. The van der Waals surface area contributed by atoms with Gasteiger partial charge in [-0.1, -0.05) is 29.8 Å². The Hall–Kier alpha value is -2.36. The minimum absolute atomic E-state index is 0.645. The summed E-state index contributed by atoms with van der Waals surface area (Å²) in [5.74, 6) is 0.645. The van der Waals surface area contributed by atoms with Crippen molar-refractivity contribution in [3.05, 3.63) is 41.0 Å². The van der Waals surface area contributed by atoms with Crippen LogP contribution in [0.2, 0.25) is 0 Å². The second kappa shape index (κ2) is 4.58. The molecule has 1 aromatic carbocycles. The summed E-state index contributed by atoms with van der Waals surface area (Å²) >= 11 is 0. The zero-order valence-electron chi connectivity index (χ0n) is 12.1. The fourth-order valence-corrected chi connectivity index (χ4v) is 3.29.